The van der Waals surface area contributed by atoms with Gasteiger partial charge in [0.2, 0.25) is 0 Å². The van der Waals surface area contributed by atoms with E-state index in [9.17, 15) is 14.1 Å². The van der Waals surface area contributed by atoms with Crippen molar-refractivity contribution in [3.8, 4) is 17.1 Å². The van der Waals surface area contributed by atoms with Crippen LogP contribution in [-0.4, -0.2) is 40.3 Å². The van der Waals surface area contributed by atoms with Crippen LogP contribution in [0.3, 0.4) is 0 Å². The van der Waals surface area contributed by atoms with Gasteiger partial charge in [0.05, 0.1) is 30.9 Å². The minimum atomic E-state index is -4.71. The van der Waals surface area contributed by atoms with Gasteiger partial charge in [-0.25, -0.2) is 4.57 Å². The number of aryl methyl sites for hydroxylation is 2. The minimum Gasteiger partial charge on any atom is -0.493 e. The number of halogens is 1. The Balaban J connectivity index is 1.60. The van der Waals surface area contributed by atoms with Crippen molar-refractivity contribution in [1.82, 2.24) is 0 Å². The Hall–Kier alpha value is -2.52. The highest BCUT2D eigenvalue weighted by Gasteiger charge is 2.28. The van der Waals surface area contributed by atoms with Gasteiger partial charge in [0.25, 0.3) is 6.01 Å². The number of benzene rings is 2. The number of aliphatic hydroxyl groups is 1. The molecule has 1 aromatic heterocycles. The van der Waals surface area contributed by atoms with E-state index in [4.69, 9.17) is 24.7 Å². The van der Waals surface area contributed by atoms with E-state index in [2.05, 4.69) is 16.7 Å². The van der Waals surface area contributed by atoms with Gasteiger partial charge in [-0.3, -0.25) is 4.52 Å². The number of hydrogen-bond acceptors (Lipinski definition) is 6. The molecule has 0 spiro atoms. The van der Waals surface area contributed by atoms with E-state index < -0.39 is 32.6 Å². The molecular weight excluding hydrogens is 488 g/mol. The van der Waals surface area contributed by atoms with Crippen molar-refractivity contribution in [3.63, 3.8) is 0 Å². The second-order valence-corrected chi connectivity index (χ2v) is 10.1. The highest BCUT2D eigenvalue weighted by Crippen LogP contribution is 2.37. The van der Waals surface area contributed by atoms with Crippen molar-refractivity contribution in [3.05, 3.63) is 77.8 Å². The van der Waals surface area contributed by atoms with E-state index in [1.165, 1.54) is 17.7 Å². The average Bonchev–Trinajstić information content (AvgIpc) is 3.30. The van der Waals surface area contributed by atoms with Crippen LogP contribution in [0, 0.1) is 6.01 Å². The van der Waals surface area contributed by atoms with E-state index in [1.807, 2.05) is 24.3 Å². The molecular formula is C26H33FNO7P. The monoisotopic (exact) mass is 521 g/mol. The third-order valence-electron chi connectivity index (χ3n) is 5.84. The lowest BCUT2D eigenvalue weighted by Gasteiger charge is -2.27. The third-order valence-corrected chi connectivity index (χ3v) is 6.30. The molecule has 3 aromatic rings. The number of phosphoric acid groups is 1. The summed E-state index contributed by atoms with van der Waals surface area (Å²) in [7, 11) is -4.71. The van der Waals surface area contributed by atoms with Gasteiger partial charge in [0.1, 0.15) is 11.5 Å². The summed E-state index contributed by atoms with van der Waals surface area (Å²) >= 11 is 0. The first kappa shape index (κ1) is 28.1. The van der Waals surface area contributed by atoms with Gasteiger partial charge in [0, 0.05) is 6.07 Å². The Morgan fingerprint density at radius 1 is 0.972 bits per heavy atom. The maximum atomic E-state index is 13.6. The van der Waals surface area contributed by atoms with Crippen LogP contribution in [0.4, 0.5) is 4.39 Å². The van der Waals surface area contributed by atoms with E-state index in [1.54, 1.807) is 12.1 Å². The topological polar surface area (TPSA) is 135 Å². The zero-order valence-electron chi connectivity index (χ0n) is 20.0. The molecule has 0 saturated carbocycles. The first-order valence-electron chi connectivity index (χ1n) is 11.8. The van der Waals surface area contributed by atoms with Crippen LogP contribution in [0.2, 0.25) is 0 Å². The van der Waals surface area contributed by atoms with Crippen molar-refractivity contribution in [2.24, 2.45) is 5.73 Å². The number of unbranched alkanes of at least 4 members (excludes halogenated alkanes) is 2. The van der Waals surface area contributed by atoms with Crippen LogP contribution in [0.25, 0.3) is 11.3 Å². The normalized spacial score (nSPS) is 13.5. The van der Waals surface area contributed by atoms with E-state index >= 15 is 0 Å². The van der Waals surface area contributed by atoms with Crippen molar-refractivity contribution in [2.75, 3.05) is 19.8 Å². The van der Waals surface area contributed by atoms with Gasteiger partial charge in [0.15, 0.2) is 0 Å². The lowest BCUT2D eigenvalue weighted by atomic mass is 9.93. The van der Waals surface area contributed by atoms with Crippen molar-refractivity contribution < 1.29 is 37.5 Å². The molecule has 8 nitrogen and oxygen atoms in total. The zero-order chi connectivity index (χ0) is 26.0. The Morgan fingerprint density at radius 2 is 1.75 bits per heavy atom. The Labute approximate surface area is 210 Å². The Morgan fingerprint density at radius 3 is 2.42 bits per heavy atom. The maximum Gasteiger partial charge on any atom is 0.469 e. The lowest BCUT2D eigenvalue weighted by Crippen LogP contribution is -2.48. The molecule has 0 radical (unpaired) electrons. The molecule has 0 bridgehead atoms. The second kappa shape index (κ2) is 13.1. The van der Waals surface area contributed by atoms with E-state index in [0.717, 1.165) is 31.2 Å². The van der Waals surface area contributed by atoms with E-state index in [0.29, 0.717) is 30.1 Å². The molecule has 1 heterocycles. The number of phosphoric ester groups is 1. The van der Waals surface area contributed by atoms with Crippen LogP contribution in [0.1, 0.15) is 36.8 Å². The summed E-state index contributed by atoms with van der Waals surface area (Å²) in [6.07, 6.45) is 4.51. The molecule has 0 aliphatic rings. The first-order valence-corrected chi connectivity index (χ1v) is 13.4. The number of aliphatic hydroxyl groups excluding tert-OH is 1. The number of hydrogen-bond donors (Lipinski definition) is 4. The number of rotatable bonds is 15. The Kier molecular flexibility index (Phi) is 10.2. The quantitative estimate of drug-likeness (QED) is 0.168. The minimum absolute atomic E-state index is 0.192. The average molecular weight is 522 g/mol. The molecule has 1 unspecified atom stereocenters. The predicted octanol–water partition coefficient (Wildman–Crippen LogP) is 4.61. The fraction of sp³-hybridized carbons (Fsp3) is 0.385. The second-order valence-electron chi connectivity index (χ2n) is 8.86. The molecule has 10 heteroatoms. The fourth-order valence-electron chi connectivity index (χ4n) is 3.75. The standard InChI is InChI=1S/C26H33FNO7P/c27-25-13-12-24(35-25)22-17-21(14-15-26(28,18-29)19-34-36(30,31)32)10-11-23(22)33-16-6-2-5-9-20-7-3-1-4-8-20/h1,3-4,7-8,10-13,17,29H,2,5-6,9,14-16,18-19,28H2,(H2,30,31,32). The van der Waals surface area contributed by atoms with Gasteiger partial charge in [-0.15, -0.1) is 0 Å². The predicted molar refractivity (Wildman–Crippen MR) is 134 cm³/mol. The molecule has 0 fully saturated rings. The van der Waals surface area contributed by atoms with Crippen LogP contribution < -0.4 is 10.5 Å². The molecule has 3 rings (SSSR count). The zero-order valence-corrected chi connectivity index (χ0v) is 20.9. The molecule has 0 aliphatic heterocycles. The summed E-state index contributed by atoms with van der Waals surface area (Å²) < 4.78 is 40.2. The molecule has 0 aliphatic carbocycles. The summed E-state index contributed by atoms with van der Waals surface area (Å²) in [5.41, 5.74) is 7.42. The third kappa shape index (κ3) is 9.17. The molecule has 2 aromatic carbocycles. The fourth-order valence-corrected chi connectivity index (χ4v) is 4.17. The number of nitrogens with two attached hydrogens (primary N) is 1. The van der Waals surface area contributed by atoms with Crippen molar-refractivity contribution in [2.45, 2.75) is 44.1 Å². The molecule has 0 amide bonds. The van der Waals surface area contributed by atoms with Crippen molar-refractivity contribution in [1.29, 1.82) is 0 Å². The van der Waals surface area contributed by atoms with Gasteiger partial charge < -0.3 is 29.8 Å². The van der Waals surface area contributed by atoms with Crippen LogP contribution in [-0.2, 0) is 21.9 Å². The molecule has 1 atom stereocenters. The summed E-state index contributed by atoms with van der Waals surface area (Å²) in [5, 5.41) is 9.63. The molecule has 36 heavy (non-hydrogen) atoms. The molecule has 0 saturated heterocycles. The van der Waals surface area contributed by atoms with Gasteiger partial charge in [-0.1, -0.05) is 36.4 Å². The highest BCUT2D eigenvalue weighted by molar-refractivity contribution is 7.46. The number of furan rings is 1. The highest BCUT2D eigenvalue weighted by atomic mass is 31.2. The largest absolute Gasteiger partial charge is 0.493 e. The van der Waals surface area contributed by atoms with Crippen LogP contribution in [0.15, 0.2) is 65.1 Å². The lowest BCUT2D eigenvalue weighted by molar-refractivity contribution is 0.102. The SMILES string of the molecule is NC(CO)(CCc1ccc(OCCCCCc2ccccc2)c(-c2ccc(F)o2)c1)COP(=O)(O)O. The molecule has 5 N–H and O–H groups in total. The first-order chi connectivity index (χ1) is 17.2. The van der Waals surface area contributed by atoms with Crippen LogP contribution in [0.5, 0.6) is 5.75 Å². The summed E-state index contributed by atoms with van der Waals surface area (Å²) in [5.74, 6) is 0.876. The maximum absolute atomic E-state index is 13.6. The Bertz CT molecular complexity index is 1130. The number of ether oxygens (including phenoxy) is 1. The van der Waals surface area contributed by atoms with Gasteiger partial charge in [-0.05, 0) is 67.9 Å². The van der Waals surface area contributed by atoms with E-state index in [-0.39, 0.29) is 6.42 Å². The van der Waals surface area contributed by atoms with Crippen molar-refractivity contribution >= 4 is 7.82 Å². The molecule has 196 valence electrons. The summed E-state index contributed by atoms with van der Waals surface area (Å²) in [6.45, 7) is -0.523. The van der Waals surface area contributed by atoms with Crippen LogP contribution >= 0.6 is 7.82 Å². The van der Waals surface area contributed by atoms with Gasteiger partial charge >= 0.3 is 7.82 Å². The summed E-state index contributed by atoms with van der Waals surface area (Å²) in [6, 6.07) is 17.8. The van der Waals surface area contributed by atoms with Gasteiger partial charge in [-0.2, -0.15) is 4.39 Å². The smallest absolute Gasteiger partial charge is 0.469 e. The summed E-state index contributed by atoms with van der Waals surface area (Å²) in [4.78, 5) is 17.8.